The molecule has 6 aromatic carbocycles. The molecule has 0 nitrogen and oxygen atoms in total. The van der Waals surface area contributed by atoms with Gasteiger partial charge >= 0.3 is 0 Å². The average molecular weight is 595 g/mol. The van der Waals surface area contributed by atoms with E-state index >= 15 is 0 Å². The maximum absolute atomic E-state index is 3.10. The molecule has 0 radical (unpaired) electrons. The molecule has 2 unspecified atom stereocenters. The predicted octanol–water partition coefficient (Wildman–Crippen LogP) is 11.6. The molecule has 6 aromatic rings. The van der Waals surface area contributed by atoms with Crippen molar-refractivity contribution in [3.8, 4) is 22.3 Å². The van der Waals surface area contributed by atoms with Gasteiger partial charge in [0.25, 0.3) is 0 Å². The van der Waals surface area contributed by atoms with E-state index in [0.29, 0.717) is 5.92 Å². The van der Waals surface area contributed by atoms with E-state index in [0.717, 1.165) is 20.9 Å². The van der Waals surface area contributed by atoms with Crippen LogP contribution in [0.5, 0.6) is 0 Å². The quantitative estimate of drug-likeness (QED) is 0.161. The van der Waals surface area contributed by atoms with Crippen LogP contribution in [0.2, 0.25) is 0 Å². The van der Waals surface area contributed by atoms with Gasteiger partial charge in [-0.2, -0.15) is 0 Å². The summed E-state index contributed by atoms with van der Waals surface area (Å²) in [4.78, 5) is 0. The number of benzene rings is 6. The summed E-state index contributed by atoms with van der Waals surface area (Å²) in [6.07, 6.45) is 8.66. The van der Waals surface area contributed by atoms with Gasteiger partial charge in [0.1, 0.15) is 0 Å². The summed E-state index contributed by atoms with van der Waals surface area (Å²) in [7, 11) is 3.84. The van der Waals surface area contributed by atoms with E-state index in [2.05, 4.69) is 131 Å². The van der Waals surface area contributed by atoms with Crippen molar-refractivity contribution in [3.63, 3.8) is 0 Å². The Morgan fingerprint density at radius 2 is 1.33 bits per heavy atom. The molecular weight excluding hydrogens is 554 g/mol. The van der Waals surface area contributed by atoms with Gasteiger partial charge < -0.3 is 0 Å². The van der Waals surface area contributed by atoms with Crippen molar-refractivity contribution >= 4 is 44.7 Å². The van der Waals surface area contributed by atoms with E-state index in [1.165, 1.54) is 97.9 Å². The van der Waals surface area contributed by atoms with Gasteiger partial charge in [-0.1, -0.05) is 143 Å². The summed E-state index contributed by atoms with van der Waals surface area (Å²) in [6, 6.07) is 43.2. The van der Waals surface area contributed by atoms with Gasteiger partial charge in [-0.25, -0.2) is 0 Å². The summed E-state index contributed by atoms with van der Waals surface area (Å²) in [5.74, 6) is 0.647. The first-order valence-electron chi connectivity index (χ1n) is 15.9. The molecule has 0 saturated heterocycles. The second kappa shape index (κ2) is 12.7. The van der Waals surface area contributed by atoms with Gasteiger partial charge in [0, 0.05) is 0 Å². The largest absolute Gasteiger partial charge is 0.133 e. The van der Waals surface area contributed by atoms with Gasteiger partial charge in [0.05, 0.1) is 0 Å². The van der Waals surface area contributed by atoms with Crippen molar-refractivity contribution in [2.45, 2.75) is 57.3 Å². The van der Waals surface area contributed by atoms with E-state index < -0.39 is 0 Å². The van der Waals surface area contributed by atoms with Crippen LogP contribution in [0.4, 0.5) is 0 Å². The van der Waals surface area contributed by atoms with Crippen molar-refractivity contribution in [2.24, 2.45) is 0 Å². The molecule has 2 heteroatoms. The minimum absolute atomic E-state index is 0.647. The fraction of sp³-hybridized carbons (Fsp3) is 0.220. The zero-order valence-electron chi connectivity index (χ0n) is 25.1. The van der Waals surface area contributed by atoms with Gasteiger partial charge in [-0.05, 0) is 109 Å². The molecule has 0 spiro atoms. The molecule has 0 amide bonds. The molecule has 1 aliphatic carbocycles. The third kappa shape index (κ3) is 5.46. The third-order valence-corrected chi connectivity index (χ3v) is 11.3. The highest BCUT2D eigenvalue weighted by Gasteiger charge is 2.25. The summed E-state index contributed by atoms with van der Waals surface area (Å²) in [6.45, 7) is 2.38. The molecule has 2 atom stereocenters. The van der Waals surface area contributed by atoms with Crippen molar-refractivity contribution in [1.29, 1.82) is 0 Å². The maximum atomic E-state index is 3.10. The Bertz CT molecular complexity index is 1890. The Labute approximate surface area is 260 Å². The minimum atomic E-state index is 0.647. The molecule has 0 aromatic heterocycles. The molecule has 0 aliphatic heterocycles. The van der Waals surface area contributed by atoms with Gasteiger partial charge in [0.15, 0.2) is 0 Å². The second-order valence-electron chi connectivity index (χ2n) is 12.1. The summed E-state index contributed by atoms with van der Waals surface area (Å²) < 4.78 is 0. The fourth-order valence-corrected chi connectivity index (χ4v) is 9.16. The zero-order chi connectivity index (χ0) is 29.2. The van der Waals surface area contributed by atoms with Gasteiger partial charge in [-0.15, -0.1) is 9.24 Å². The van der Waals surface area contributed by atoms with Crippen molar-refractivity contribution in [2.75, 3.05) is 0 Å². The highest BCUT2D eigenvalue weighted by molar-refractivity contribution is 7.46. The molecule has 0 N–H and O–H groups in total. The van der Waals surface area contributed by atoms with Crippen LogP contribution in [0.3, 0.4) is 0 Å². The van der Waals surface area contributed by atoms with E-state index in [4.69, 9.17) is 0 Å². The maximum Gasteiger partial charge on any atom is -0.00538 e. The van der Waals surface area contributed by atoms with Crippen molar-refractivity contribution < 1.29 is 0 Å². The average Bonchev–Trinajstić information content (AvgIpc) is 3.07. The third-order valence-electron chi connectivity index (χ3n) is 9.59. The first kappa shape index (κ1) is 28.5. The van der Waals surface area contributed by atoms with Crippen LogP contribution in [-0.4, -0.2) is 0 Å². The lowest BCUT2D eigenvalue weighted by atomic mass is 9.77. The second-order valence-corrected chi connectivity index (χ2v) is 13.8. The lowest BCUT2D eigenvalue weighted by Crippen LogP contribution is -2.08. The SMILES string of the molecule is Cc1c(CP)c(-c2ccccc2C2CCCCC2)c2c(CPc3ccccc3)cccc2c1-c1cccc2ccccc12. The fourth-order valence-electron chi connectivity index (χ4n) is 7.53. The Morgan fingerprint density at radius 1 is 0.651 bits per heavy atom. The smallest absolute Gasteiger partial charge is 0.00538 e. The monoisotopic (exact) mass is 594 g/mol. The predicted molar refractivity (Wildman–Crippen MR) is 194 cm³/mol. The molecule has 1 saturated carbocycles. The topological polar surface area (TPSA) is 0 Å². The molecule has 214 valence electrons. The summed E-state index contributed by atoms with van der Waals surface area (Å²) in [5.41, 5.74) is 11.6. The summed E-state index contributed by atoms with van der Waals surface area (Å²) >= 11 is 0. The van der Waals surface area contributed by atoms with Crippen LogP contribution >= 0.6 is 17.8 Å². The minimum Gasteiger partial charge on any atom is -0.133 e. The van der Waals surface area contributed by atoms with Crippen LogP contribution in [0.1, 0.15) is 60.3 Å². The number of fused-ring (bicyclic) bond motifs is 2. The Kier molecular flexibility index (Phi) is 8.44. The van der Waals surface area contributed by atoms with Crippen molar-refractivity contribution in [3.05, 3.63) is 138 Å². The van der Waals surface area contributed by atoms with E-state index in [1.54, 1.807) is 5.56 Å². The lowest BCUT2D eigenvalue weighted by Gasteiger charge is -2.28. The van der Waals surface area contributed by atoms with Gasteiger partial charge in [-0.3, -0.25) is 0 Å². The standard InChI is InChI=1S/C41H40P2/c1-28-38(26-42)41(36-23-11-10-22-34(36)29-14-4-2-5-15-29)40-31(27-43-32-19-6-3-7-20-32)18-13-25-37(40)39(28)35-24-12-17-30-16-8-9-21-33(30)35/h3,6-13,16-25,29,43H,2,4-5,14-15,26-27,42H2,1H3. The normalized spacial score (nSPS) is 14.3. The van der Waals surface area contributed by atoms with E-state index in [-0.39, 0.29) is 0 Å². The Morgan fingerprint density at radius 3 is 2.16 bits per heavy atom. The number of hydrogen-bond acceptors (Lipinski definition) is 0. The summed E-state index contributed by atoms with van der Waals surface area (Å²) in [5, 5.41) is 6.90. The Balaban J connectivity index is 1.54. The van der Waals surface area contributed by atoms with Crippen LogP contribution in [0.15, 0.2) is 115 Å². The number of hydrogen-bond donors (Lipinski definition) is 0. The van der Waals surface area contributed by atoms with Crippen LogP contribution < -0.4 is 5.30 Å². The molecule has 7 rings (SSSR count). The van der Waals surface area contributed by atoms with Crippen LogP contribution in [-0.2, 0) is 12.3 Å². The molecular formula is C41H40P2. The molecule has 43 heavy (non-hydrogen) atoms. The van der Waals surface area contributed by atoms with Gasteiger partial charge in [0.2, 0.25) is 0 Å². The van der Waals surface area contributed by atoms with Crippen LogP contribution in [0, 0.1) is 6.92 Å². The van der Waals surface area contributed by atoms with E-state index in [9.17, 15) is 0 Å². The van der Waals surface area contributed by atoms with E-state index in [1.807, 2.05) is 0 Å². The molecule has 0 heterocycles. The Hall–Kier alpha value is -3.30. The molecule has 1 aliphatic rings. The lowest BCUT2D eigenvalue weighted by molar-refractivity contribution is 0.444. The van der Waals surface area contributed by atoms with Crippen LogP contribution in [0.25, 0.3) is 43.8 Å². The first-order valence-corrected chi connectivity index (χ1v) is 17.9. The molecule has 0 bridgehead atoms. The first-order chi connectivity index (χ1) is 21.2. The molecule has 1 fully saturated rings. The zero-order valence-corrected chi connectivity index (χ0v) is 27.2. The number of rotatable bonds is 7. The highest BCUT2D eigenvalue weighted by Crippen LogP contribution is 2.48. The highest BCUT2D eigenvalue weighted by atomic mass is 31.1. The van der Waals surface area contributed by atoms with Crippen molar-refractivity contribution in [1.82, 2.24) is 0 Å².